The van der Waals surface area contributed by atoms with Crippen molar-refractivity contribution in [1.29, 1.82) is 0 Å². The maximum absolute atomic E-state index is 10.4. The second-order valence-corrected chi connectivity index (χ2v) is 5.29. The molecule has 3 nitrogen and oxygen atoms in total. The van der Waals surface area contributed by atoms with Gasteiger partial charge in [0.2, 0.25) is 0 Å². The first kappa shape index (κ1) is 13.4. The number of piperidine rings is 1. The summed E-state index contributed by atoms with van der Waals surface area (Å²) in [6.07, 6.45) is 2.00. The van der Waals surface area contributed by atoms with Gasteiger partial charge >= 0.3 is 0 Å². The van der Waals surface area contributed by atoms with Gasteiger partial charge in [0, 0.05) is 12.5 Å². The number of aliphatic hydroxyl groups excluding tert-OH is 1. The molecule has 2 atom stereocenters. The minimum atomic E-state index is -0.395. The number of rotatable bonds is 4. The SMILES string of the molecule is CC(C)Oc1cccc(C(O)C2CCCNC2)c1. The summed E-state index contributed by atoms with van der Waals surface area (Å²) in [7, 11) is 0. The van der Waals surface area contributed by atoms with Crippen LogP contribution in [0.4, 0.5) is 0 Å². The Labute approximate surface area is 109 Å². The van der Waals surface area contributed by atoms with E-state index in [4.69, 9.17) is 4.74 Å². The second kappa shape index (κ2) is 6.21. The predicted octanol–water partition coefficient (Wildman–Crippen LogP) is 2.51. The van der Waals surface area contributed by atoms with E-state index in [0.29, 0.717) is 5.92 Å². The molecule has 1 fully saturated rings. The molecular weight excluding hydrogens is 226 g/mol. The normalized spacial score (nSPS) is 21.9. The number of nitrogens with one attached hydrogen (secondary N) is 1. The highest BCUT2D eigenvalue weighted by atomic mass is 16.5. The number of hydrogen-bond donors (Lipinski definition) is 2. The van der Waals surface area contributed by atoms with Crippen LogP contribution in [-0.2, 0) is 0 Å². The highest BCUT2D eigenvalue weighted by molar-refractivity contribution is 5.30. The highest BCUT2D eigenvalue weighted by Gasteiger charge is 2.23. The lowest BCUT2D eigenvalue weighted by molar-refractivity contribution is 0.0917. The van der Waals surface area contributed by atoms with Gasteiger partial charge < -0.3 is 15.2 Å². The molecule has 1 saturated heterocycles. The van der Waals surface area contributed by atoms with Crippen molar-refractivity contribution < 1.29 is 9.84 Å². The molecule has 0 aromatic heterocycles. The summed E-state index contributed by atoms with van der Waals surface area (Å²) in [6, 6.07) is 7.83. The number of ether oxygens (including phenoxy) is 1. The molecule has 1 aliphatic rings. The van der Waals surface area contributed by atoms with Crippen molar-refractivity contribution in [2.24, 2.45) is 5.92 Å². The molecular formula is C15H23NO2. The summed E-state index contributed by atoms with van der Waals surface area (Å²) in [5, 5.41) is 13.7. The van der Waals surface area contributed by atoms with Gasteiger partial charge in [0.15, 0.2) is 0 Å². The lowest BCUT2D eigenvalue weighted by atomic mass is 9.89. The van der Waals surface area contributed by atoms with Gasteiger partial charge in [-0.3, -0.25) is 0 Å². The first-order valence-electron chi connectivity index (χ1n) is 6.82. The quantitative estimate of drug-likeness (QED) is 0.861. The highest BCUT2D eigenvalue weighted by Crippen LogP contribution is 2.29. The Bertz CT molecular complexity index is 373. The average Bonchev–Trinajstić information content (AvgIpc) is 2.38. The van der Waals surface area contributed by atoms with Crippen LogP contribution in [0.1, 0.15) is 38.4 Å². The molecule has 0 amide bonds. The molecule has 0 saturated carbocycles. The lowest BCUT2D eigenvalue weighted by Crippen LogP contribution is -2.33. The summed E-state index contributed by atoms with van der Waals surface area (Å²) in [4.78, 5) is 0. The molecule has 2 rings (SSSR count). The zero-order valence-electron chi connectivity index (χ0n) is 11.2. The third-order valence-corrected chi connectivity index (χ3v) is 3.35. The number of hydrogen-bond acceptors (Lipinski definition) is 3. The van der Waals surface area contributed by atoms with Gasteiger partial charge in [0.25, 0.3) is 0 Å². The van der Waals surface area contributed by atoms with Crippen molar-refractivity contribution in [3.05, 3.63) is 29.8 Å². The van der Waals surface area contributed by atoms with Crippen LogP contribution >= 0.6 is 0 Å². The molecule has 100 valence electrons. The van der Waals surface area contributed by atoms with Gasteiger partial charge in [-0.1, -0.05) is 12.1 Å². The van der Waals surface area contributed by atoms with E-state index in [1.165, 1.54) is 0 Å². The topological polar surface area (TPSA) is 41.5 Å². The van der Waals surface area contributed by atoms with E-state index in [-0.39, 0.29) is 6.10 Å². The Morgan fingerprint density at radius 1 is 1.39 bits per heavy atom. The van der Waals surface area contributed by atoms with E-state index in [1.54, 1.807) is 0 Å². The van der Waals surface area contributed by atoms with Gasteiger partial charge in [0.05, 0.1) is 12.2 Å². The van der Waals surface area contributed by atoms with E-state index in [9.17, 15) is 5.11 Å². The second-order valence-electron chi connectivity index (χ2n) is 5.29. The largest absolute Gasteiger partial charge is 0.491 e. The Hall–Kier alpha value is -1.06. The van der Waals surface area contributed by atoms with Gasteiger partial charge in [-0.05, 0) is 50.9 Å². The Morgan fingerprint density at radius 3 is 2.89 bits per heavy atom. The van der Waals surface area contributed by atoms with Crippen molar-refractivity contribution in [2.45, 2.75) is 38.9 Å². The van der Waals surface area contributed by atoms with E-state index in [2.05, 4.69) is 5.32 Å². The first-order valence-corrected chi connectivity index (χ1v) is 6.82. The molecule has 0 aliphatic carbocycles. The molecule has 1 aliphatic heterocycles. The van der Waals surface area contributed by atoms with Gasteiger partial charge in [-0.25, -0.2) is 0 Å². The van der Waals surface area contributed by atoms with Crippen molar-refractivity contribution in [1.82, 2.24) is 5.32 Å². The Morgan fingerprint density at radius 2 is 2.22 bits per heavy atom. The van der Waals surface area contributed by atoms with E-state index < -0.39 is 6.10 Å². The van der Waals surface area contributed by atoms with Crippen molar-refractivity contribution in [2.75, 3.05) is 13.1 Å². The van der Waals surface area contributed by atoms with Crippen LogP contribution in [0.15, 0.2) is 24.3 Å². The number of aliphatic hydroxyl groups is 1. The monoisotopic (exact) mass is 249 g/mol. The van der Waals surface area contributed by atoms with E-state index >= 15 is 0 Å². The average molecular weight is 249 g/mol. The van der Waals surface area contributed by atoms with Crippen LogP contribution in [0.5, 0.6) is 5.75 Å². The first-order chi connectivity index (χ1) is 8.66. The third kappa shape index (κ3) is 3.47. The van der Waals surface area contributed by atoms with Gasteiger partial charge in [-0.15, -0.1) is 0 Å². The third-order valence-electron chi connectivity index (χ3n) is 3.35. The molecule has 0 spiro atoms. The van der Waals surface area contributed by atoms with Crippen LogP contribution in [0.3, 0.4) is 0 Å². The van der Waals surface area contributed by atoms with Crippen LogP contribution < -0.4 is 10.1 Å². The fourth-order valence-electron chi connectivity index (χ4n) is 2.46. The summed E-state index contributed by atoms with van der Waals surface area (Å²) in [5.41, 5.74) is 0.960. The minimum absolute atomic E-state index is 0.161. The molecule has 0 bridgehead atoms. The molecule has 1 aromatic carbocycles. The molecule has 18 heavy (non-hydrogen) atoms. The molecule has 1 heterocycles. The van der Waals surface area contributed by atoms with E-state index in [0.717, 1.165) is 37.2 Å². The maximum atomic E-state index is 10.4. The standard InChI is InChI=1S/C15H23NO2/c1-11(2)18-14-7-3-5-12(9-14)15(17)13-6-4-8-16-10-13/h3,5,7,9,11,13,15-17H,4,6,8,10H2,1-2H3. The molecule has 0 radical (unpaired) electrons. The molecule has 2 N–H and O–H groups in total. The summed E-state index contributed by atoms with van der Waals surface area (Å²) in [5.74, 6) is 1.15. The van der Waals surface area contributed by atoms with Crippen LogP contribution in [0.25, 0.3) is 0 Å². The van der Waals surface area contributed by atoms with Gasteiger partial charge in [0.1, 0.15) is 5.75 Å². The lowest BCUT2D eigenvalue weighted by Gasteiger charge is -2.27. The van der Waals surface area contributed by atoms with E-state index in [1.807, 2.05) is 38.1 Å². The Kier molecular flexibility index (Phi) is 4.61. The smallest absolute Gasteiger partial charge is 0.120 e. The van der Waals surface area contributed by atoms with Crippen molar-refractivity contribution in [3.63, 3.8) is 0 Å². The molecule has 2 unspecified atom stereocenters. The van der Waals surface area contributed by atoms with Crippen LogP contribution in [-0.4, -0.2) is 24.3 Å². The summed E-state index contributed by atoms with van der Waals surface area (Å²) < 4.78 is 5.67. The molecule has 3 heteroatoms. The van der Waals surface area contributed by atoms with Crippen molar-refractivity contribution >= 4 is 0 Å². The minimum Gasteiger partial charge on any atom is -0.491 e. The maximum Gasteiger partial charge on any atom is 0.120 e. The van der Waals surface area contributed by atoms with Crippen LogP contribution in [0, 0.1) is 5.92 Å². The zero-order chi connectivity index (χ0) is 13.0. The summed E-state index contributed by atoms with van der Waals surface area (Å²) >= 11 is 0. The fraction of sp³-hybridized carbons (Fsp3) is 0.600. The summed E-state index contributed by atoms with van der Waals surface area (Å²) in [6.45, 7) is 5.98. The zero-order valence-corrected chi connectivity index (χ0v) is 11.2. The fourth-order valence-corrected chi connectivity index (χ4v) is 2.46. The molecule has 1 aromatic rings. The Balaban J connectivity index is 2.06. The van der Waals surface area contributed by atoms with Gasteiger partial charge in [-0.2, -0.15) is 0 Å². The number of benzene rings is 1. The predicted molar refractivity (Wildman–Crippen MR) is 72.8 cm³/mol. The van der Waals surface area contributed by atoms with Crippen LogP contribution in [0.2, 0.25) is 0 Å². The van der Waals surface area contributed by atoms with Crippen molar-refractivity contribution in [3.8, 4) is 5.75 Å².